The number of benzene rings is 3. The minimum Gasteiger partial charge on any atom is -0.504 e. The van der Waals surface area contributed by atoms with Crippen molar-refractivity contribution in [1.29, 1.82) is 0 Å². The summed E-state index contributed by atoms with van der Waals surface area (Å²) in [7, 11) is 3.38. The summed E-state index contributed by atoms with van der Waals surface area (Å²) in [6.45, 7) is 0. The molecular formula is C22H19N3O3S. The van der Waals surface area contributed by atoms with Gasteiger partial charge in [-0.1, -0.05) is 18.2 Å². The maximum Gasteiger partial charge on any atom is 0.205 e. The third-order valence-corrected chi connectivity index (χ3v) is 5.45. The Morgan fingerprint density at radius 1 is 0.966 bits per heavy atom. The zero-order chi connectivity index (χ0) is 20.4. The zero-order valence-corrected chi connectivity index (χ0v) is 16.7. The molecular weight excluding hydrogens is 386 g/mol. The molecule has 0 amide bonds. The van der Waals surface area contributed by atoms with Crippen molar-refractivity contribution >= 4 is 28.3 Å². The van der Waals surface area contributed by atoms with Gasteiger partial charge in [-0.05, 0) is 52.7 Å². The second-order valence-corrected chi connectivity index (χ2v) is 7.20. The van der Waals surface area contributed by atoms with Crippen LogP contribution in [0.1, 0.15) is 5.56 Å². The summed E-state index contributed by atoms with van der Waals surface area (Å²) in [5, 5.41) is 27.9. The first-order valence-corrected chi connectivity index (χ1v) is 9.75. The number of phenolic OH excluding ortho intramolecular Hbond substituents is 2. The Bertz CT molecular complexity index is 1290. The van der Waals surface area contributed by atoms with E-state index in [1.807, 2.05) is 29.6 Å². The lowest BCUT2D eigenvalue weighted by Crippen LogP contribution is -2.11. The summed E-state index contributed by atoms with van der Waals surface area (Å²) in [6, 6.07) is 16.7. The van der Waals surface area contributed by atoms with E-state index >= 15 is 0 Å². The first-order valence-electron chi connectivity index (χ1n) is 8.87. The van der Waals surface area contributed by atoms with Crippen LogP contribution in [0.4, 0.5) is 0 Å². The maximum atomic E-state index is 9.68. The minimum absolute atomic E-state index is 0.164. The molecule has 7 heteroatoms. The molecule has 1 aromatic heterocycles. The fourth-order valence-corrected chi connectivity index (χ4v) is 3.82. The zero-order valence-electron chi connectivity index (χ0n) is 15.9. The van der Waals surface area contributed by atoms with Gasteiger partial charge in [0.25, 0.3) is 0 Å². The summed E-state index contributed by atoms with van der Waals surface area (Å²) in [6.07, 6.45) is 1.62. The van der Waals surface area contributed by atoms with Crippen LogP contribution in [0.15, 0.2) is 70.1 Å². The van der Waals surface area contributed by atoms with Gasteiger partial charge in [0, 0.05) is 18.0 Å². The normalized spacial score (nSPS) is 12.1. The Labute approximate surface area is 171 Å². The van der Waals surface area contributed by atoms with Crippen molar-refractivity contribution < 1.29 is 14.9 Å². The molecule has 0 saturated carbocycles. The lowest BCUT2D eigenvalue weighted by molar-refractivity contribution is 0.403. The fraction of sp³-hybridized carbons (Fsp3) is 0.0909. The molecule has 2 N–H and O–H groups in total. The minimum atomic E-state index is -0.185. The Morgan fingerprint density at radius 2 is 1.76 bits per heavy atom. The van der Waals surface area contributed by atoms with E-state index in [0.29, 0.717) is 5.56 Å². The molecule has 0 aliphatic carbocycles. The van der Waals surface area contributed by atoms with Gasteiger partial charge in [0.2, 0.25) is 4.80 Å². The van der Waals surface area contributed by atoms with E-state index < -0.39 is 0 Å². The molecule has 4 aromatic rings. The standard InChI is InChI=1S/C22H19N3O3S/c1-23-22-25(24-12-14-3-8-20(26)21(27)9-14)19(13-29-22)17-5-4-16-11-18(28-2)7-6-15(16)10-17/h3-13,26-27H,1-2H3. The molecule has 0 aliphatic heterocycles. The third kappa shape index (κ3) is 3.72. The van der Waals surface area contributed by atoms with Gasteiger partial charge in [0.05, 0.1) is 19.0 Å². The third-order valence-electron chi connectivity index (χ3n) is 4.54. The number of aromatic hydroxyl groups is 2. The molecule has 0 saturated heterocycles. The Balaban J connectivity index is 1.77. The number of ether oxygens (including phenoxy) is 1. The molecule has 0 unspecified atom stereocenters. The summed E-state index contributed by atoms with van der Waals surface area (Å²) < 4.78 is 7.06. The molecule has 146 valence electrons. The lowest BCUT2D eigenvalue weighted by atomic mass is 10.1. The summed E-state index contributed by atoms with van der Waals surface area (Å²) in [5.74, 6) is 0.475. The number of hydrogen-bond acceptors (Lipinski definition) is 6. The fourth-order valence-electron chi connectivity index (χ4n) is 3.02. The number of thiazole rings is 1. The van der Waals surface area contributed by atoms with Crippen molar-refractivity contribution in [3.05, 3.63) is 70.3 Å². The van der Waals surface area contributed by atoms with Gasteiger partial charge in [-0.25, -0.2) is 4.68 Å². The number of aromatic nitrogens is 1. The number of methoxy groups -OCH3 is 1. The highest BCUT2D eigenvalue weighted by Crippen LogP contribution is 2.28. The van der Waals surface area contributed by atoms with Gasteiger partial charge in [-0.2, -0.15) is 5.10 Å². The number of phenols is 2. The second kappa shape index (κ2) is 7.81. The molecule has 0 bridgehead atoms. The van der Waals surface area contributed by atoms with E-state index in [1.165, 1.54) is 23.5 Å². The molecule has 3 aromatic carbocycles. The monoisotopic (exact) mass is 405 g/mol. The molecule has 0 fully saturated rings. The van der Waals surface area contributed by atoms with Crippen molar-refractivity contribution in [2.45, 2.75) is 0 Å². The smallest absolute Gasteiger partial charge is 0.205 e. The van der Waals surface area contributed by atoms with E-state index in [0.717, 1.165) is 32.6 Å². The van der Waals surface area contributed by atoms with Crippen LogP contribution in [0.5, 0.6) is 17.2 Å². The highest BCUT2D eigenvalue weighted by atomic mass is 32.1. The van der Waals surface area contributed by atoms with Crippen molar-refractivity contribution in [2.24, 2.45) is 10.1 Å². The average molecular weight is 405 g/mol. The molecule has 29 heavy (non-hydrogen) atoms. The maximum absolute atomic E-state index is 9.68. The van der Waals surface area contributed by atoms with Gasteiger partial charge >= 0.3 is 0 Å². The molecule has 0 aliphatic rings. The van der Waals surface area contributed by atoms with Gasteiger partial charge < -0.3 is 14.9 Å². The number of rotatable bonds is 4. The molecule has 0 spiro atoms. The summed E-state index contributed by atoms with van der Waals surface area (Å²) in [5.41, 5.74) is 2.59. The first-order chi connectivity index (χ1) is 14.1. The number of nitrogens with zero attached hydrogens (tertiary/aromatic N) is 3. The largest absolute Gasteiger partial charge is 0.504 e. The van der Waals surface area contributed by atoms with E-state index in [1.54, 1.807) is 31.1 Å². The SMILES string of the molecule is CN=c1scc(-c2ccc3cc(OC)ccc3c2)n1N=Cc1ccc(O)c(O)c1. The Kier molecular flexibility index (Phi) is 5.05. The Hall–Kier alpha value is -3.58. The van der Waals surface area contributed by atoms with Gasteiger partial charge in [-0.15, -0.1) is 11.3 Å². The van der Waals surface area contributed by atoms with Gasteiger partial charge in [-0.3, -0.25) is 4.99 Å². The highest BCUT2D eigenvalue weighted by molar-refractivity contribution is 7.07. The topological polar surface area (TPSA) is 79.3 Å². The molecule has 0 atom stereocenters. The number of hydrogen-bond donors (Lipinski definition) is 2. The molecule has 4 rings (SSSR count). The van der Waals surface area contributed by atoms with Crippen LogP contribution >= 0.6 is 11.3 Å². The molecule has 6 nitrogen and oxygen atoms in total. The van der Waals surface area contributed by atoms with Crippen molar-refractivity contribution in [3.8, 4) is 28.5 Å². The predicted molar refractivity (Wildman–Crippen MR) is 116 cm³/mol. The van der Waals surface area contributed by atoms with Crippen LogP contribution in [0.25, 0.3) is 22.0 Å². The van der Waals surface area contributed by atoms with Crippen molar-refractivity contribution in [1.82, 2.24) is 4.68 Å². The van der Waals surface area contributed by atoms with Crippen molar-refractivity contribution in [3.63, 3.8) is 0 Å². The highest BCUT2D eigenvalue weighted by Gasteiger charge is 2.09. The van der Waals surface area contributed by atoms with Crippen molar-refractivity contribution in [2.75, 3.05) is 14.2 Å². The van der Waals surface area contributed by atoms with Crippen LogP contribution in [0.2, 0.25) is 0 Å². The molecule has 1 heterocycles. The lowest BCUT2D eigenvalue weighted by Gasteiger charge is -2.07. The quantitative estimate of drug-likeness (QED) is 0.394. The van der Waals surface area contributed by atoms with Crippen LogP contribution < -0.4 is 9.54 Å². The van der Waals surface area contributed by atoms with E-state index in [9.17, 15) is 10.2 Å². The predicted octanol–water partition coefficient (Wildman–Crippen LogP) is 4.20. The van der Waals surface area contributed by atoms with Gasteiger partial charge in [0.1, 0.15) is 5.75 Å². The Morgan fingerprint density at radius 3 is 2.52 bits per heavy atom. The van der Waals surface area contributed by atoms with Crippen LogP contribution in [-0.2, 0) is 0 Å². The van der Waals surface area contributed by atoms with Crippen LogP contribution in [-0.4, -0.2) is 35.3 Å². The van der Waals surface area contributed by atoms with E-state index in [4.69, 9.17) is 4.74 Å². The molecule has 0 radical (unpaired) electrons. The van der Waals surface area contributed by atoms with E-state index in [2.05, 4.69) is 22.2 Å². The van der Waals surface area contributed by atoms with Crippen LogP contribution in [0, 0.1) is 0 Å². The van der Waals surface area contributed by atoms with Crippen LogP contribution in [0.3, 0.4) is 0 Å². The second-order valence-electron chi connectivity index (χ2n) is 6.36. The summed E-state index contributed by atoms with van der Waals surface area (Å²) in [4.78, 5) is 5.05. The van der Waals surface area contributed by atoms with E-state index in [-0.39, 0.29) is 11.5 Å². The average Bonchev–Trinajstić information content (AvgIpc) is 3.16. The van der Waals surface area contributed by atoms with Gasteiger partial charge in [0.15, 0.2) is 11.5 Å². The number of fused-ring (bicyclic) bond motifs is 1. The summed E-state index contributed by atoms with van der Waals surface area (Å²) >= 11 is 1.50. The first kappa shape index (κ1) is 18.8.